The maximum absolute atomic E-state index is 13.4. The number of nitrogens with zero attached hydrogens (tertiary/aromatic N) is 1. The van der Waals surface area contributed by atoms with Crippen molar-refractivity contribution in [1.29, 1.82) is 0 Å². The molecule has 0 spiro atoms. The quantitative estimate of drug-likeness (QED) is 0.538. The predicted molar refractivity (Wildman–Crippen MR) is 125 cm³/mol. The molecule has 7 heteroatoms. The molecule has 0 fully saturated rings. The molecule has 0 radical (unpaired) electrons. The first-order valence-corrected chi connectivity index (χ1v) is 11.7. The van der Waals surface area contributed by atoms with E-state index in [2.05, 4.69) is 5.32 Å². The summed E-state index contributed by atoms with van der Waals surface area (Å²) in [5.74, 6) is -0.405. The molecule has 5 nitrogen and oxygen atoms in total. The van der Waals surface area contributed by atoms with Crippen LogP contribution in [0.2, 0.25) is 5.02 Å². The predicted octanol–water partition coefficient (Wildman–Crippen LogP) is 5.09. The summed E-state index contributed by atoms with van der Waals surface area (Å²) in [5, 5.41) is 3.28. The minimum absolute atomic E-state index is 0.0813. The molecule has 3 rings (SSSR count). The van der Waals surface area contributed by atoms with E-state index >= 15 is 0 Å². The van der Waals surface area contributed by atoms with Crippen LogP contribution in [0.3, 0.4) is 0 Å². The van der Waals surface area contributed by atoms with E-state index in [0.717, 1.165) is 22.3 Å². The summed E-state index contributed by atoms with van der Waals surface area (Å²) >= 11 is 5.92. The Kier molecular flexibility index (Phi) is 7.15. The lowest BCUT2D eigenvalue weighted by Gasteiger charge is -2.23. The first-order valence-electron chi connectivity index (χ1n) is 9.84. The summed E-state index contributed by atoms with van der Waals surface area (Å²) in [6.45, 7) is 5.56. The van der Waals surface area contributed by atoms with E-state index in [1.165, 1.54) is 28.6 Å². The van der Waals surface area contributed by atoms with Gasteiger partial charge < -0.3 is 5.32 Å². The van der Waals surface area contributed by atoms with Gasteiger partial charge in [-0.05, 0) is 67.8 Å². The molecule has 162 valence electrons. The van der Waals surface area contributed by atoms with Gasteiger partial charge in [0.15, 0.2) is 0 Å². The summed E-state index contributed by atoms with van der Waals surface area (Å²) in [5.41, 5.74) is 4.45. The van der Waals surface area contributed by atoms with Crippen molar-refractivity contribution in [2.75, 3.05) is 11.9 Å². The van der Waals surface area contributed by atoms with Crippen LogP contribution in [-0.2, 0) is 21.4 Å². The fourth-order valence-electron chi connectivity index (χ4n) is 3.26. The van der Waals surface area contributed by atoms with Crippen molar-refractivity contribution in [3.05, 3.63) is 94.0 Å². The number of amides is 1. The second-order valence-electron chi connectivity index (χ2n) is 7.52. The van der Waals surface area contributed by atoms with Crippen LogP contribution in [0.4, 0.5) is 5.69 Å². The highest BCUT2D eigenvalue weighted by molar-refractivity contribution is 7.89. The lowest BCUT2D eigenvalue weighted by molar-refractivity contribution is -0.116. The Morgan fingerprint density at radius 2 is 1.61 bits per heavy atom. The zero-order chi connectivity index (χ0) is 22.6. The Morgan fingerprint density at radius 1 is 0.935 bits per heavy atom. The number of benzene rings is 3. The summed E-state index contributed by atoms with van der Waals surface area (Å²) in [6, 6.07) is 19.2. The van der Waals surface area contributed by atoms with Crippen molar-refractivity contribution < 1.29 is 13.2 Å². The SMILES string of the molecule is Cc1ccc(NC(=O)CN(Cc2ccccc2C)S(=O)(=O)c2ccc(Cl)cc2)c(C)c1. The largest absolute Gasteiger partial charge is 0.325 e. The topological polar surface area (TPSA) is 66.5 Å². The van der Waals surface area contributed by atoms with Gasteiger partial charge in [0.25, 0.3) is 0 Å². The molecule has 0 aliphatic carbocycles. The molecule has 0 saturated heterocycles. The summed E-state index contributed by atoms with van der Waals surface area (Å²) in [6.07, 6.45) is 0. The number of sulfonamides is 1. The number of carbonyl (C=O) groups is 1. The summed E-state index contributed by atoms with van der Waals surface area (Å²) in [7, 11) is -3.92. The van der Waals surface area contributed by atoms with Gasteiger partial charge in [-0.3, -0.25) is 4.79 Å². The van der Waals surface area contributed by atoms with Gasteiger partial charge in [0, 0.05) is 17.3 Å². The molecule has 0 atom stereocenters. The molecule has 0 aliphatic heterocycles. The summed E-state index contributed by atoms with van der Waals surface area (Å²) < 4.78 is 27.9. The number of halogens is 1. The Morgan fingerprint density at radius 3 is 2.26 bits per heavy atom. The Bertz CT molecular complexity index is 1190. The molecular weight excluding hydrogens is 432 g/mol. The van der Waals surface area contributed by atoms with E-state index in [-0.39, 0.29) is 18.0 Å². The molecule has 0 saturated carbocycles. The second-order valence-corrected chi connectivity index (χ2v) is 9.89. The van der Waals surface area contributed by atoms with E-state index in [9.17, 15) is 13.2 Å². The monoisotopic (exact) mass is 456 g/mol. The molecular formula is C24H25ClN2O3S. The number of aryl methyl sites for hydroxylation is 3. The lowest BCUT2D eigenvalue weighted by atomic mass is 10.1. The number of carbonyl (C=O) groups excluding carboxylic acids is 1. The van der Waals surface area contributed by atoms with Crippen molar-refractivity contribution in [2.24, 2.45) is 0 Å². The van der Waals surface area contributed by atoms with Crippen molar-refractivity contribution in [2.45, 2.75) is 32.2 Å². The van der Waals surface area contributed by atoms with Gasteiger partial charge in [-0.25, -0.2) is 8.42 Å². The maximum atomic E-state index is 13.4. The Labute approximate surface area is 188 Å². The molecule has 0 aliphatic rings. The normalized spacial score (nSPS) is 11.5. The molecule has 31 heavy (non-hydrogen) atoms. The van der Waals surface area contributed by atoms with Crippen LogP contribution in [0.1, 0.15) is 22.3 Å². The second kappa shape index (κ2) is 9.64. The smallest absolute Gasteiger partial charge is 0.243 e. The highest BCUT2D eigenvalue weighted by Gasteiger charge is 2.27. The average Bonchev–Trinajstić information content (AvgIpc) is 2.71. The molecule has 1 N–H and O–H groups in total. The van der Waals surface area contributed by atoms with Gasteiger partial charge >= 0.3 is 0 Å². The van der Waals surface area contributed by atoms with E-state index in [1.54, 1.807) is 0 Å². The van der Waals surface area contributed by atoms with E-state index in [0.29, 0.717) is 10.7 Å². The first-order chi connectivity index (χ1) is 14.7. The van der Waals surface area contributed by atoms with Crippen LogP contribution in [0.5, 0.6) is 0 Å². The average molecular weight is 457 g/mol. The fraction of sp³-hybridized carbons (Fsp3) is 0.208. The van der Waals surface area contributed by atoms with Crippen LogP contribution in [-0.4, -0.2) is 25.2 Å². The van der Waals surface area contributed by atoms with Crippen LogP contribution in [0, 0.1) is 20.8 Å². The van der Waals surface area contributed by atoms with Gasteiger partial charge in [-0.1, -0.05) is 53.6 Å². The van der Waals surface area contributed by atoms with Crippen molar-refractivity contribution in [1.82, 2.24) is 4.31 Å². The molecule has 3 aromatic rings. The van der Waals surface area contributed by atoms with Gasteiger partial charge in [0.2, 0.25) is 15.9 Å². The number of hydrogen-bond donors (Lipinski definition) is 1. The van der Waals surface area contributed by atoms with E-state index in [4.69, 9.17) is 11.6 Å². The maximum Gasteiger partial charge on any atom is 0.243 e. The Balaban J connectivity index is 1.90. The van der Waals surface area contributed by atoms with Crippen LogP contribution < -0.4 is 5.32 Å². The zero-order valence-electron chi connectivity index (χ0n) is 17.7. The molecule has 0 heterocycles. The molecule has 3 aromatic carbocycles. The van der Waals surface area contributed by atoms with Crippen molar-refractivity contribution >= 4 is 33.2 Å². The number of rotatable bonds is 7. The third-order valence-electron chi connectivity index (χ3n) is 5.04. The number of anilines is 1. The highest BCUT2D eigenvalue weighted by Crippen LogP contribution is 2.22. The van der Waals surface area contributed by atoms with Gasteiger partial charge in [0.05, 0.1) is 11.4 Å². The molecule has 0 bridgehead atoms. The fourth-order valence-corrected chi connectivity index (χ4v) is 4.76. The minimum Gasteiger partial charge on any atom is -0.325 e. The van der Waals surface area contributed by atoms with Crippen LogP contribution in [0.15, 0.2) is 71.6 Å². The van der Waals surface area contributed by atoms with E-state index in [1.807, 2.05) is 63.2 Å². The molecule has 1 amide bonds. The van der Waals surface area contributed by atoms with Gasteiger partial charge in [-0.15, -0.1) is 0 Å². The standard InChI is InChI=1S/C24H25ClN2O3S/c1-17-8-13-23(19(3)14-17)26-24(28)16-27(15-20-7-5-4-6-18(20)2)31(29,30)22-11-9-21(25)10-12-22/h4-14H,15-16H2,1-3H3,(H,26,28). The number of hydrogen-bond acceptors (Lipinski definition) is 3. The van der Waals surface area contributed by atoms with Crippen LogP contribution in [0.25, 0.3) is 0 Å². The van der Waals surface area contributed by atoms with Gasteiger partial charge in [-0.2, -0.15) is 4.31 Å². The minimum atomic E-state index is -3.92. The lowest BCUT2D eigenvalue weighted by Crippen LogP contribution is -2.37. The van der Waals surface area contributed by atoms with Crippen molar-refractivity contribution in [3.8, 4) is 0 Å². The third-order valence-corrected chi connectivity index (χ3v) is 7.09. The highest BCUT2D eigenvalue weighted by atomic mass is 35.5. The van der Waals surface area contributed by atoms with E-state index < -0.39 is 15.9 Å². The molecule has 0 aromatic heterocycles. The molecule has 0 unspecified atom stereocenters. The first kappa shape index (κ1) is 23.0. The van der Waals surface area contributed by atoms with Crippen LogP contribution >= 0.6 is 11.6 Å². The van der Waals surface area contributed by atoms with Crippen molar-refractivity contribution in [3.63, 3.8) is 0 Å². The zero-order valence-corrected chi connectivity index (χ0v) is 19.3. The Hall–Kier alpha value is -2.67. The number of nitrogens with one attached hydrogen (secondary N) is 1. The summed E-state index contributed by atoms with van der Waals surface area (Å²) in [4.78, 5) is 12.9. The third kappa shape index (κ3) is 5.73. The van der Waals surface area contributed by atoms with Gasteiger partial charge in [0.1, 0.15) is 0 Å².